The lowest BCUT2D eigenvalue weighted by molar-refractivity contribution is 0.407. The van der Waals surface area contributed by atoms with Crippen molar-refractivity contribution in [3.8, 4) is 5.75 Å². The van der Waals surface area contributed by atoms with Crippen LogP contribution in [0.15, 0.2) is 36.5 Å². The number of para-hydroxylation sites is 1. The number of benzene rings is 1. The van der Waals surface area contributed by atoms with Gasteiger partial charge in [0.25, 0.3) is 0 Å². The van der Waals surface area contributed by atoms with Crippen LogP contribution in [0.4, 0.5) is 0 Å². The van der Waals surface area contributed by atoms with Crippen molar-refractivity contribution >= 4 is 0 Å². The molecule has 2 aromatic rings. The van der Waals surface area contributed by atoms with Gasteiger partial charge in [0.2, 0.25) is 0 Å². The smallest absolute Gasteiger partial charge is 0.124 e. The normalized spacial score (nSPS) is 12.4. The molecule has 2 rings (SSSR count). The molecule has 0 aliphatic carbocycles. The van der Waals surface area contributed by atoms with E-state index >= 15 is 0 Å². The largest absolute Gasteiger partial charge is 0.496 e. The Kier molecular flexibility index (Phi) is 3.44. The highest BCUT2D eigenvalue weighted by Gasteiger charge is 2.16. The molecule has 0 fully saturated rings. The third-order valence-electron chi connectivity index (χ3n) is 2.84. The van der Waals surface area contributed by atoms with Crippen LogP contribution < -0.4 is 10.5 Å². The molecule has 4 nitrogen and oxygen atoms in total. The molecule has 0 aliphatic rings. The van der Waals surface area contributed by atoms with Crippen molar-refractivity contribution in [1.29, 1.82) is 0 Å². The molecule has 1 unspecified atom stereocenters. The highest BCUT2D eigenvalue weighted by molar-refractivity contribution is 5.39. The van der Waals surface area contributed by atoms with Gasteiger partial charge in [-0.15, -0.1) is 0 Å². The van der Waals surface area contributed by atoms with Crippen LogP contribution in [0.2, 0.25) is 0 Å². The van der Waals surface area contributed by atoms with Crippen molar-refractivity contribution < 1.29 is 4.74 Å². The maximum atomic E-state index is 6.27. The molecule has 0 bridgehead atoms. The van der Waals surface area contributed by atoms with Crippen LogP contribution in [-0.2, 0) is 6.54 Å². The minimum atomic E-state index is -0.214. The van der Waals surface area contributed by atoms with Gasteiger partial charge in [0.15, 0.2) is 0 Å². The second-order valence-corrected chi connectivity index (χ2v) is 3.79. The summed E-state index contributed by atoms with van der Waals surface area (Å²) in [6.45, 7) is 2.86. The zero-order valence-corrected chi connectivity index (χ0v) is 10.1. The van der Waals surface area contributed by atoms with Crippen molar-refractivity contribution in [1.82, 2.24) is 9.78 Å². The molecule has 0 radical (unpaired) electrons. The minimum Gasteiger partial charge on any atom is -0.496 e. The molecular weight excluding hydrogens is 214 g/mol. The first-order valence-corrected chi connectivity index (χ1v) is 5.68. The van der Waals surface area contributed by atoms with E-state index in [4.69, 9.17) is 10.5 Å². The van der Waals surface area contributed by atoms with Gasteiger partial charge in [-0.1, -0.05) is 18.2 Å². The van der Waals surface area contributed by atoms with Crippen LogP contribution in [0.5, 0.6) is 5.75 Å². The Hall–Kier alpha value is -1.81. The second kappa shape index (κ2) is 5.01. The predicted octanol–water partition coefficient (Wildman–Crippen LogP) is 1.96. The molecule has 0 spiro atoms. The maximum Gasteiger partial charge on any atom is 0.124 e. The number of aryl methyl sites for hydroxylation is 1. The number of rotatable bonds is 4. The summed E-state index contributed by atoms with van der Waals surface area (Å²) in [6.07, 6.45) is 1.77. The van der Waals surface area contributed by atoms with Crippen molar-refractivity contribution in [3.63, 3.8) is 0 Å². The van der Waals surface area contributed by atoms with E-state index in [2.05, 4.69) is 5.10 Å². The standard InChI is InChI=1S/C13H17N3O/c1-3-16-11(8-9-15-16)13(14)10-6-4-5-7-12(10)17-2/h4-9,13H,3,14H2,1-2H3. The molecule has 2 N–H and O–H groups in total. The van der Waals surface area contributed by atoms with Gasteiger partial charge in [-0.2, -0.15) is 5.10 Å². The number of hydrogen-bond donors (Lipinski definition) is 1. The predicted molar refractivity (Wildman–Crippen MR) is 66.9 cm³/mol. The molecule has 0 saturated heterocycles. The van der Waals surface area contributed by atoms with Crippen LogP contribution in [-0.4, -0.2) is 16.9 Å². The molecule has 1 atom stereocenters. The van der Waals surface area contributed by atoms with Crippen LogP contribution in [0.3, 0.4) is 0 Å². The van der Waals surface area contributed by atoms with Gasteiger partial charge in [-0.25, -0.2) is 0 Å². The van der Waals surface area contributed by atoms with E-state index in [9.17, 15) is 0 Å². The summed E-state index contributed by atoms with van der Waals surface area (Å²) in [7, 11) is 1.66. The summed E-state index contributed by atoms with van der Waals surface area (Å²) in [5.74, 6) is 0.809. The Morgan fingerprint density at radius 3 is 2.82 bits per heavy atom. The topological polar surface area (TPSA) is 53.1 Å². The van der Waals surface area contributed by atoms with E-state index in [0.717, 1.165) is 23.6 Å². The second-order valence-electron chi connectivity index (χ2n) is 3.79. The molecule has 1 aromatic heterocycles. The van der Waals surface area contributed by atoms with Crippen molar-refractivity contribution in [2.75, 3.05) is 7.11 Å². The number of nitrogens with zero attached hydrogens (tertiary/aromatic N) is 2. The van der Waals surface area contributed by atoms with Gasteiger partial charge >= 0.3 is 0 Å². The molecule has 0 saturated carbocycles. The molecule has 1 aromatic carbocycles. The van der Waals surface area contributed by atoms with Gasteiger partial charge in [0, 0.05) is 18.3 Å². The van der Waals surface area contributed by atoms with E-state index in [1.165, 1.54) is 0 Å². The van der Waals surface area contributed by atoms with Gasteiger partial charge in [0.1, 0.15) is 5.75 Å². The lowest BCUT2D eigenvalue weighted by Crippen LogP contribution is -2.17. The van der Waals surface area contributed by atoms with Gasteiger partial charge in [-0.3, -0.25) is 4.68 Å². The van der Waals surface area contributed by atoms with Crippen LogP contribution in [0, 0.1) is 0 Å². The number of hydrogen-bond acceptors (Lipinski definition) is 3. The minimum absolute atomic E-state index is 0.214. The molecular formula is C13H17N3O. The molecule has 90 valence electrons. The maximum absolute atomic E-state index is 6.27. The van der Waals surface area contributed by atoms with E-state index < -0.39 is 0 Å². The van der Waals surface area contributed by atoms with Gasteiger partial charge in [0.05, 0.1) is 18.8 Å². The summed E-state index contributed by atoms with van der Waals surface area (Å²) in [5.41, 5.74) is 8.25. The molecule has 17 heavy (non-hydrogen) atoms. The fraction of sp³-hybridized carbons (Fsp3) is 0.308. The molecule has 4 heteroatoms. The average Bonchev–Trinajstić information content (AvgIpc) is 2.86. The fourth-order valence-corrected chi connectivity index (χ4v) is 1.95. The summed E-state index contributed by atoms with van der Waals surface area (Å²) >= 11 is 0. The average molecular weight is 231 g/mol. The SMILES string of the molecule is CCn1nccc1C(N)c1ccccc1OC. The molecule has 0 amide bonds. The Balaban J connectivity index is 2.40. The van der Waals surface area contributed by atoms with Gasteiger partial charge < -0.3 is 10.5 Å². The van der Waals surface area contributed by atoms with E-state index in [1.807, 2.05) is 41.9 Å². The van der Waals surface area contributed by atoms with Crippen LogP contribution >= 0.6 is 0 Å². The van der Waals surface area contributed by atoms with Crippen molar-refractivity contribution in [2.45, 2.75) is 19.5 Å². The highest BCUT2D eigenvalue weighted by Crippen LogP contribution is 2.27. The highest BCUT2D eigenvalue weighted by atomic mass is 16.5. The Bertz CT molecular complexity index is 493. The summed E-state index contributed by atoms with van der Waals surface area (Å²) in [4.78, 5) is 0. The number of methoxy groups -OCH3 is 1. The summed E-state index contributed by atoms with van der Waals surface area (Å²) in [6, 6.07) is 9.53. The number of aromatic nitrogens is 2. The monoisotopic (exact) mass is 231 g/mol. The Morgan fingerprint density at radius 1 is 1.35 bits per heavy atom. The van der Waals surface area contributed by atoms with Crippen molar-refractivity contribution in [2.24, 2.45) is 5.73 Å². The van der Waals surface area contributed by atoms with Crippen LogP contribution in [0.1, 0.15) is 24.2 Å². The van der Waals surface area contributed by atoms with E-state index in [-0.39, 0.29) is 6.04 Å². The Morgan fingerprint density at radius 2 is 2.12 bits per heavy atom. The third-order valence-corrected chi connectivity index (χ3v) is 2.84. The van der Waals surface area contributed by atoms with E-state index in [0.29, 0.717) is 0 Å². The van der Waals surface area contributed by atoms with E-state index in [1.54, 1.807) is 13.3 Å². The third kappa shape index (κ3) is 2.17. The summed E-state index contributed by atoms with van der Waals surface area (Å²) in [5, 5.41) is 4.23. The first kappa shape index (κ1) is 11.7. The zero-order chi connectivity index (χ0) is 12.3. The first-order valence-electron chi connectivity index (χ1n) is 5.68. The lowest BCUT2D eigenvalue weighted by Gasteiger charge is -2.16. The first-order chi connectivity index (χ1) is 8.27. The Labute approximate surface area is 101 Å². The molecule has 0 aliphatic heterocycles. The lowest BCUT2D eigenvalue weighted by atomic mass is 10.0. The quantitative estimate of drug-likeness (QED) is 0.875. The molecule has 1 heterocycles. The fourth-order valence-electron chi connectivity index (χ4n) is 1.95. The van der Waals surface area contributed by atoms with Crippen molar-refractivity contribution in [3.05, 3.63) is 47.8 Å². The van der Waals surface area contributed by atoms with Crippen LogP contribution in [0.25, 0.3) is 0 Å². The number of ether oxygens (including phenoxy) is 1. The zero-order valence-electron chi connectivity index (χ0n) is 10.1. The summed E-state index contributed by atoms with van der Waals surface area (Å²) < 4.78 is 7.23. The van der Waals surface area contributed by atoms with Gasteiger partial charge in [-0.05, 0) is 19.1 Å². The number of nitrogens with two attached hydrogens (primary N) is 1.